The minimum absolute atomic E-state index is 0. The zero-order valence-electron chi connectivity index (χ0n) is 11.2. The zero-order valence-corrected chi connectivity index (χ0v) is 14.4. The fourth-order valence-electron chi connectivity index (χ4n) is 1.47. The summed E-state index contributed by atoms with van der Waals surface area (Å²) in [6, 6.07) is 0. The van der Waals surface area contributed by atoms with Crippen molar-refractivity contribution in [2.45, 2.75) is 27.7 Å². The highest BCUT2D eigenvalue weighted by Crippen LogP contribution is 2.04. The van der Waals surface area contributed by atoms with Crippen LogP contribution in [0.15, 0.2) is 0 Å². The van der Waals surface area contributed by atoms with Crippen molar-refractivity contribution in [3.63, 3.8) is 0 Å². The highest BCUT2D eigenvalue weighted by Gasteiger charge is 2.17. The van der Waals surface area contributed by atoms with Gasteiger partial charge in [-0.05, 0) is 13.8 Å². The Balaban J connectivity index is -0.000000240. The van der Waals surface area contributed by atoms with Gasteiger partial charge in [0.05, 0.1) is 54.4 Å². The molecule has 0 aliphatic heterocycles. The van der Waals surface area contributed by atoms with Crippen molar-refractivity contribution in [2.75, 3.05) is 54.4 Å². The number of halogens is 2. The van der Waals surface area contributed by atoms with Crippen LogP contribution in [0.1, 0.15) is 27.7 Å². The second-order valence-electron chi connectivity index (χ2n) is 5.34. The fourth-order valence-corrected chi connectivity index (χ4v) is 1.47. The Morgan fingerprint density at radius 1 is 0.750 bits per heavy atom. The summed E-state index contributed by atoms with van der Waals surface area (Å²) in [4.78, 5) is 0. The van der Waals surface area contributed by atoms with Gasteiger partial charge >= 0.3 is 0 Å². The summed E-state index contributed by atoms with van der Waals surface area (Å²) in [7, 11) is 9.16. The number of nitrogens with zero attached hydrogens (tertiary/aromatic N) is 2. The smallest absolute Gasteiger partial charge is 0.0838 e. The normalized spacial score (nSPS) is 10.9. The van der Waals surface area contributed by atoms with Crippen LogP contribution in [-0.4, -0.2) is 63.3 Å². The minimum Gasteiger partial charge on any atom is -1.00 e. The molecule has 4 heteroatoms. The van der Waals surface area contributed by atoms with E-state index < -0.39 is 0 Å². The van der Waals surface area contributed by atoms with Crippen LogP contribution in [0.25, 0.3) is 0 Å². The van der Waals surface area contributed by atoms with E-state index >= 15 is 0 Å². The maximum atomic E-state index is 2.36. The maximum Gasteiger partial charge on any atom is 0.0838 e. The van der Waals surface area contributed by atoms with Gasteiger partial charge in [-0.15, -0.1) is 0 Å². The average Bonchev–Trinajstić information content (AvgIpc) is 2.02. The van der Waals surface area contributed by atoms with Crippen LogP contribution in [0.5, 0.6) is 0 Å². The molecule has 0 unspecified atom stereocenters. The number of hydrogen-bond donors (Lipinski definition) is 0. The van der Waals surface area contributed by atoms with Crippen LogP contribution in [0, 0.1) is 0 Å². The van der Waals surface area contributed by atoms with Crippen LogP contribution < -0.4 is 34.0 Å². The van der Waals surface area contributed by atoms with Gasteiger partial charge in [-0.25, -0.2) is 0 Å². The predicted octanol–water partition coefficient (Wildman–Crippen LogP) is -3.79. The molecule has 0 saturated carbocycles. The molecule has 0 aromatic carbocycles. The molecule has 0 aliphatic carbocycles. The Hall–Kier alpha value is 0.880. The molecule has 0 aliphatic rings. The first-order valence-corrected chi connectivity index (χ1v) is 5.47. The molecule has 0 fully saturated rings. The third-order valence-corrected chi connectivity index (χ3v) is 3.05. The summed E-state index contributed by atoms with van der Waals surface area (Å²) in [5.74, 6) is 0. The summed E-state index contributed by atoms with van der Waals surface area (Å²) < 4.78 is 2.31. The Morgan fingerprint density at radius 3 is 1.38 bits per heavy atom. The molecule has 0 spiro atoms. The Bertz CT molecular complexity index is 140. The Morgan fingerprint density at radius 2 is 1.12 bits per heavy atom. The lowest BCUT2D eigenvalue weighted by Crippen LogP contribution is -3.00. The number of rotatable bonds is 6. The van der Waals surface area contributed by atoms with E-state index in [1.54, 1.807) is 0 Å². The van der Waals surface area contributed by atoms with Crippen molar-refractivity contribution in [1.82, 2.24) is 0 Å². The largest absolute Gasteiger partial charge is 1.00 e. The first kappa shape index (κ1) is 25.7. The zero-order chi connectivity index (χ0) is 10.5. The van der Waals surface area contributed by atoms with Crippen molar-refractivity contribution in [3.05, 3.63) is 0 Å². The van der Waals surface area contributed by atoms with Crippen LogP contribution in [0.3, 0.4) is 0 Å². The summed E-state index contributed by atoms with van der Waals surface area (Å²) >= 11 is 0. The Kier molecular flexibility index (Phi) is 17.6. The molecule has 0 bridgehead atoms. The van der Waals surface area contributed by atoms with Crippen LogP contribution in [0.2, 0.25) is 0 Å². The molecule has 0 rings (SSSR count). The second kappa shape index (κ2) is 11.0. The molecular weight excluding hydrogens is 332 g/mol. The molecule has 104 valence electrons. The van der Waals surface area contributed by atoms with Gasteiger partial charge in [-0.2, -0.15) is 0 Å². The topological polar surface area (TPSA) is 0 Å². The summed E-state index contributed by atoms with van der Waals surface area (Å²) in [5, 5.41) is 0. The van der Waals surface area contributed by atoms with Gasteiger partial charge in [0.2, 0.25) is 0 Å². The maximum absolute atomic E-state index is 2.36. The third kappa shape index (κ3) is 12.9. The van der Waals surface area contributed by atoms with E-state index in [1.807, 2.05) is 0 Å². The van der Waals surface area contributed by atoms with Crippen molar-refractivity contribution >= 4 is 0 Å². The SMILES string of the molecule is C.CC[N+](C)(CC)CCC[N+](C)(C)C.[Br-].[Br-]. The van der Waals surface area contributed by atoms with Gasteiger partial charge in [0, 0.05) is 6.42 Å². The summed E-state index contributed by atoms with van der Waals surface area (Å²) in [5.41, 5.74) is 0. The second-order valence-corrected chi connectivity index (χ2v) is 5.34. The fraction of sp³-hybridized carbons (Fsp3) is 1.00. The number of hydrogen-bond acceptors (Lipinski definition) is 0. The van der Waals surface area contributed by atoms with E-state index in [1.165, 1.54) is 37.1 Å². The lowest BCUT2D eigenvalue weighted by molar-refractivity contribution is -0.914. The van der Waals surface area contributed by atoms with Crippen LogP contribution >= 0.6 is 0 Å². The molecule has 0 amide bonds. The minimum atomic E-state index is 0. The first-order valence-electron chi connectivity index (χ1n) is 5.47. The highest BCUT2D eigenvalue weighted by atomic mass is 79.9. The van der Waals surface area contributed by atoms with E-state index in [2.05, 4.69) is 42.0 Å². The van der Waals surface area contributed by atoms with E-state index in [0.717, 1.165) is 4.48 Å². The van der Waals surface area contributed by atoms with Crippen LogP contribution in [-0.2, 0) is 0 Å². The quantitative estimate of drug-likeness (QED) is 0.425. The molecule has 0 aromatic heterocycles. The standard InChI is InChI=1S/C11H28N2.CH4.2BrH/c1-7-13(6,8-2)11-9-10-12(3,4)5;;;/h7-11H2,1-6H3;1H4;2*1H/q+2;;;/p-2. The van der Waals surface area contributed by atoms with Gasteiger partial charge in [0.25, 0.3) is 0 Å². The number of quaternary nitrogens is 2. The first-order chi connectivity index (χ1) is 5.83. The lowest BCUT2D eigenvalue weighted by atomic mass is 10.3. The molecule has 0 radical (unpaired) electrons. The Labute approximate surface area is 125 Å². The molecule has 0 aromatic rings. The van der Waals surface area contributed by atoms with Gasteiger partial charge in [-0.1, -0.05) is 7.43 Å². The molecule has 0 N–H and O–H groups in total. The predicted molar refractivity (Wildman–Crippen MR) is 66.4 cm³/mol. The third-order valence-electron chi connectivity index (χ3n) is 3.05. The molecule has 0 saturated heterocycles. The van der Waals surface area contributed by atoms with E-state index in [0.29, 0.717) is 0 Å². The van der Waals surface area contributed by atoms with Gasteiger partial charge in [0.15, 0.2) is 0 Å². The van der Waals surface area contributed by atoms with E-state index in [-0.39, 0.29) is 41.4 Å². The van der Waals surface area contributed by atoms with Crippen LogP contribution in [0.4, 0.5) is 0 Å². The molecule has 2 nitrogen and oxygen atoms in total. The molecule has 0 atom stereocenters. The lowest BCUT2D eigenvalue weighted by Gasteiger charge is -2.33. The monoisotopic (exact) mass is 362 g/mol. The summed E-state index contributed by atoms with van der Waals surface area (Å²) in [6.07, 6.45) is 1.34. The molecule has 0 heterocycles. The molecular formula is C12H32Br2N2. The summed E-state index contributed by atoms with van der Waals surface area (Å²) in [6.45, 7) is 9.70. The van der Waals surface area contributed by atoms with E-state index in [9.17, 15) is 0 Å². The van der Waals surface area contributed by atoms with Crippen molar-refractivity contribution in [3.8, 4) is 0 Å². The van der Waals surface area contributed by atoms with Gasteiger partial charge < -0.3 is 42.9 Å². The van der Waals surface area contributed by atoms with Gasteiger partial charge in [-0.3, -0.25) is 0 Å². The van der Waals surface area contributed by atoms with Gasteiger partial charge in [0.1, 0.15) is 0 Å². The van der Waals surface area contributed by atoms with Crippen molar-refractivity contribution < 1.29 is 42.9 Å². The highest BCUT2D eigenvalue weighted by molar-refractivity contribution is 4.37. The molecule has 16 heavy (non-hydrogen) atoms. The van der Waals surface area contributed by atoms with Crippen molar-refractivity contribution in [1.29, 1.82) is 0 Å². The van der Waals surface area contributed by atoms with Crippen molar-refractivity contribution in [2.24, 2.45) is 0 Å². The average molecular weight is 364 g/mol. The van der Waals surface area contributed by atoms with E-state index in [4.69, 9.17) is 0 Å².